The fraction of sp³-hybridized carbons (Fsp3) is 0.300. The minimum Gasteiger partial charge on any atom is -0.326 e. The van der Waals surface area contributed by atoms with Gasteiger partial charge in [0.1, 0.15) is 0 Å². The Kier molecular flexibility index (Phi) is 3.33. The van der Waals surface area contributed by atoms with E-state index in [2.05, 4.69) is 11.4 Å². The van der Waals surface area contributed by atoms with Gasteiger partial charge in [0, 0.05) is 12.1 Å². The minimum absolute atomic E-state index is 0.0729. The molecule has 0 heterocycles. The molecule has 0 spiro atoms. The van der Waals surface area contributed by atoms with Crippen LogP contribution in [0, 0.1) is 6.07 Å². The Morgan fingerprint density at radius 2 is 2.17 bits per heavy atom. The molecule has 0 aliphatic heterocycles. The first-order valence-electron chi connectivity index (χ1n) is 4.09. The van der Waals surface area contributed by atoms with Crippen molar-refractivity contribution in [3.63, 3.8) is 0 Å². The summed E-state index contributed by atoms with van der Waals surface area (Å²) in [6.45, 7) is 1.98. The van der Waals surface area contributed by atoms with E-state index in [1.54, 1.807) is 12.1 Å². The number of anilines is 1. The highest BCUT2D eigenvalue weighted by atomic mass is 16.1. The summed E-state index contributed by atoms with van der Waals surface area (Å²) in [5, 5.41) is 2.78. The second-order valence-electron chi connectivity index (χ2n) is 2.59. The number of carbonyl (C=O) groups is 1. The van der Waals surface area contributed by atoms with Crippen LogP contribution in [0.4, 0.5) is 5.69 Å². The molecule has 0 saturated carbocycles. The lowest BCUT2D eigenvalue weighted by Gasteiger charge is -2.02. The highest BCUT2D eigenvalue weighted by Crippen LogP contribution is 2.05. The number of rotatable bonds is 3. The van der Waals surface area contributed by atoms with Crippen LogP contribution in [0.15, 0.2) is 24.3 Å². The van der Waals surface area contributed by atoms with E-state index in [0.29, 0.717) is 6.42 Å². The van der Waals surface area contributed by atoms with Gasteiger partial charge in [-0.2, -0.15) is 0 Å². The van der Waals surface area contributed by atoms with E-state index in [-0.39, 0.29) is 5.91 Å². The maximum absolute atomic E-state index is 11.1. The number of hydrogen-bond acceptors (Lipinski definition) is 1. The van der Waals surface area contributed by atoms with E-state index in [1.165, 1.54) is 0 Å². The first-order valence-corrected chi connectivity index (χ1v) is 4.09. The summed E-state index contributed by atoms with van der Waals surface area (Å²) < 4.78 is 0. The third-order valence-electron chi connectivity index (χ3n) is 1.48. The molecule has 1 radical (unpaired) electrons. The molecule has 1 aromatic rings. The maximum atomic E-state index is 11.1. The average molecular weight is 162 g/mol. The topological polar surface area (TPSA) is 29.1 Å². The van der Waals surface area contributed by atoms with Gasteiger partial charge in [-0.15, -0.1) is 0 Å². The van der Waals surface area contributed by atoms with Crippen molar-refractivity contribution in [2.45, 2.75) is 19.8 Å². The number of benzene rings is 1. The van der Waals surface area contributed by atoms with E-state index in [4.69, 9.17) is 0 Å². The Morgan fingerprint density at radius 3 is 2.75 bits per heavy atom. The summed E-state index contributed by atoms with van der Waals surface area (Å²) in [6, 6.07) is 10.1. The van der Waals surface area contributed by atoms with E-state index in [0.717, 1.165) is 12.1 Å². The summed E-state index contributed by atoms with van der Waals surface area (Å²) >= 11 is 0. The second kappa shape index (κ2) is 4.54. The number of nitrogens with one attached hydrogen (secondary N) is 1. The number of amides is 1. The molecule has 0 aromatic heterocycles. The largest absolute Gasteiger partial charge is 0.326 e. The molecule has 0 atom stereocenters. The van der Waals surface area contributed by atoms with E-state index in [9.17, 15) is 4.79 Å². The fourth-order valence-corrected chi connectivity index (χ4v) is 0.921. The van der Waals surface area contributed by atoms with Crippen molar-refractivity contribution in [3.05, 3.63) is 30.3 Å². The van der Waals surface area contributed by atoms with Crippen LogP contribution in [0.5, 0.6) is 0 Å². The quantitative estimate of drug-likeness (QED) is 0.725. The van der Waals surface area contributed by atoms with Crippen molar-refractivity contribution in [3.8, 4) is 0 Å². The van der Waals surface area contributed by atoms with Gasteiger partial charge in [-0.05, 0) is 24.6 Å². The van der Waals surface area contributed by atoms with Crippen LogP contribution >= 0.6 is 0 Å². The van der Waals surface area contributed by atoms with Gasteiger partial charge >= 0.3 is 0 Å². The molecule has 0 aliphatic carbocycles. The molecule has 1 N–H and O–H groups in total. The predicted octanol–water partition coefficient (Wildman–Crippen LogP) is 2.23. The van der Waals surface area contributed by atoms with Crippen LogP contribution in [-0.2, 0) is 4.79 Å². The molecule has 0 aliphatic rings. The lowest BCUT2D eigenvalue weighted by molar-refractivity contribution is -0.116. The van der Waals surface area contributed by atoms with Crippen molar-refractivity contribution < 1.29 is 4.79 Å². The molecule has 1 amide bonds. The third-order valence-corrected chi connectivity index (χ3v) is 1.48. The first-order chi connectivity index (χ1) is 5.83. The summed E-state index contributed by atoms with van der Waals surface area (Å²) in [5.41, 5.74) is 0.840. The van der Waals surface area contributed by atoms with E-state index in [1.807, 2.05) is 19.1 Å². The molecule has 0 saturated heterocycles. The van der Waals surface area contributed by atoms with Crippen molar-refractivity contribution in [2.24, 2.45) is 0 Å². The summed E-state index contributed by atoms with van der Waals surface area (Å²) in [4.78, 5) is 11.1. The molecule has 2 heteroatoms. The highest BCUT2D eigenvalue weighted by molar-refractivity contribution is 5.90. The Bertz CT molecular complexity index is 243. The van der Waals surface area contributed by atoms with Crippen LogP contribution in [0.2, 0.25) is 0 Å². The zero-order valence-corrected chi connectivity index (χ0v) is 7.13. The molecule has 2 nitrogen and oxygen atoms in total. The summed E-state index contributed by atoms with van der Waals surface area (Å²) in [6.07, 6.45) is 1.46. The lowest BCUT2D eigenvalue weighted by atomic mass is 10.3. The van der Waals surface area contributed by atoms with Crippen LogP contribution in [0.1, 0.15) is 19.8 Å². The third kappa shape index (κ3) is 2.74. The van der Waals surface area contributed by atoms with Crippen molar-refractivity contribution in [2.75, 3.05) is 5.32 Å². The molecule has 1 rings (SSSR count). The number of carbonyl (C=O) groups excluding carboxylic acids is 1. The van der Waals surface area contributed by atoms with Gasteiger partial charge in [-0.3, -0.25) is 4.79 Å². The summed E-state index contributed by atoms with van der Waals surface area (Å²) in [5.74, 6) is 0.0729. The molecule has 63 valence electrons. The van der Waals surface area contributed by atoms with Crippen molar-refractivity contribution in [1.82, 2.24) is 0 Å². The zero-order valence-electron chi connectivity index (χ0n) is 7.13. The van der Waals surface area contributed by atoms with E-state index < -0.39 is 0 Å². The Hall–Kier alpha value is -1.31. The molecular weight excluding hydrogens is 150 g/mol. The fourth-order valence-electron chi connectivity index (χ4n) is 0.921. The molecule has 0 unspecified atom stereocenters. The Balaban J connectivity index is 2.47. The van der Waals surface area contributed by atoms with Gasteiger partial charge in [0.05, 0.1) is 0 Å². The van der Waals surface area contributed by atoms with Gasteiger partial charge in [-0.25, -0.2) is 0 Å². The van der Waals surface area contributed by atoms with Gasteiger partial charge in [0.2, 0.25) is 5.91 Å². The molecular formula is C10H12NO. The molecule has 0 fully saturated rings. The molecule has 1 aromatic carbocycles. The highest BCUT2D eigenvalue weighted by Gasteiger charge is 1.98. The normalized spacial score (nSPS) is 9.42. The van der Waals surface area contributed by atoms with Gasteiger partial charge in [0.25, 0.3) is 0 Å². The Morgan fingerprint density at radius 1 is 1.50 bits per heavy atom. The van der Waals surface area contributed by atoms with Gasteiger partial charge < -0.3 is 5.32 Å². The smallest absolute Gasteiger partial charge is 0.224 e. The lowest BCUT2D eigenvalue weighted by Crippen LogP contribution is -2.10. The molecule has 0 bridgehead atoms. The van der Waals surface area contributed by atoms with Crippen molar-refractivity contribution in [1.29, 1.82) is 0 Å². The van der Waals surface area contributed by atoms with Gasteiger partial charge in [-0.1, -0.05) is 19.1 Å². The zero-order chi connectivity index (χ0) is 8.81. The summed E-state index contributed by atoms with van der Waals surface area (Å²) in [7, 11) is 0. The molecule has 12 heavy (non-hydrogen) atoms. The maximum Gasteiger partial charge on any atom is 0.224 e. The number of hydrogen-bond donors (Lipinski definition) is 1. The van der Waals surface area contributed by atoms with Crippen LogP contribution in [0.25, 0.3) is 0 Å². The SMILES string of the molecule is CCCC(=O)Nc1cc[c]cc1. The predicted molar refractivity (Wildman–Crippen MR) is 48.8 cm³/mol. The van der Waals surface area contributed by atoms with Crippen molar-refractivity contribution >= 4 is 11.6 Å². The van der Waals surface area contributed by atoms with Crippen LogP contribution < -0.4 is 5.32 Å². The minimum atomic E-state index is 0.0729. The van der Waals surface area contributed by atoms with E-state index >= 15 is 0 Å². The monoisotopic (exact) mass is 162 g/mol. The van der Waals surface area contributed by atoms with Crippen LogP contribution in [-0.4, -0.2) is 5.91 Å². The first kappa shape index (κ1) is 8.78. The van der Waals surface area contributed by atoms with Crippen LogP contribution in [0.3, 0.4) is 0 Å². The van der Waals surface area contributed by atoms with Gasteiger partial charge in [0.15, 0.2) is 0 Å². The Labute approximate surface area is 72.6 Å². The second-order valence-corrected chi connectivity index (χ2v) is 2.59. The average Bonchev–Trinajstić information content (AvgIpc) is 2.06. The standard InChI is InChI=1S/C10H12NO/c1-2-6-10(12)11-9-7-4-3-5-8-9/h4-5,7-8H,2,6H2,1H3,(H,11,12).